The highest BCUT2D eigenvalue weighted by molar-refractivity contribution is 6.11. The van der Waals surface area contributed by atoms with Crippen LogP contribution in [0.1, 0.15) is 73.6 Å². The Morgan fingerprint density at radius 1 is 1.11 bits per heavy atom. The van der Waals surface area contributed by atoms with E-state index in [1.807, 2.05) is 27.7 Å². The van der Waals surface area contributed by atoms with Crippen LogP contribution in [0.2, 0.25) is 0 Å². The van der Waals surface area contributed by atoms with Gasteiger partial charge < -0.3 is 31.8 Å². The molecule has 0 aromatic rings. The lowest BCUT2D eigenvalue weighted by molar-refractivity contribution is -0.129. The zero-order valence-corrected chi connectivity index (χ0v) is 22.7. The number of hydrogen-bond donors (Lipinski definition) is 5. The van der Waals surface area contributed by atoms with E-state index in [9.17, 15) is 9.59 Å². The van der Waals surface area contributed by atoms with E-state index in [1.54, 1.807) is 0 Å². The molecule has 0 aliphatic heterocycles. The lowest BCUT2D eigenvalue weighted by atomic mass is 9.63. The first-order chi connectivity index (χ1) is 16.5. The van der Waals surface area contributed by atoms with Crippen molar-refractivity contribution in [2.24, 2.45) is 40.7 Å². The molecule has 2 saturated carbocycles. The molecule has 0 heterocycles. The Bertz CT molecular complexity index is 760. The second kappa shape index (κ2) is 13.3. The first kappa shape index (κ1) is 29.1. The maximum absolute atomic E-state index is 13.4. The molecule has 2 rings (SSSR count). The number of rotatable bonds is 13. The monoisotopic (exact) mass is 491 g/mol. The third kappa shape index (κ3) is 8.51. The maximum atomic E-state index is 13.4. The zero-order chi connectivity index (χ0) is 26.2. The van der Waals surface area contributed by atoms with Crippen LogP contribution in [0.25, 0.3) is 0 Å². The lowest BCUT2D eigenvalue weighted by Crippen LogP contribution is -2.51. The van der Waals surface area contributed by atoms with Gasteiger partial charge in [-0.05, 0) is 61.7 Å². The summed E-state index contributed by atoms with van der Waals surface area (Å²) in [5.41, 5.74) is 5.09. The van der Waals surface area contributed by atoms with E-state index in [-0.39, 0.29) is 29.3 Å². The molecule has 8 heteroatoms. The van der Waals surface area contributed by atoms with Crippen LogP contribution in [0.4, 0.5) is 0 Å². The topological polar surface area (TPSA) is 129 Å². The van der Waals surface area contributed by atoms with Gasteiger partial charge in [0.05, 0.1) is 6.61 Å². The fourth-order valence-corrected chi connectivity index (χ4v) is 5.65. The summed E-state index contributed by atoms with van der Waals surface area (Å²) in [6, 6.07) is 0.118. The number of nitrogens with two attached hydrogens (primary N) is 1. The third-order valence-electron chi connectivity index (χ3n) is 7.48. The van der Waals surface area contributed by atoms with Crippen LogP contribution >= 0.6 is 0 Å². The van der Waals surface area contributed by atoms with Crippen LogP contribution in [0.5, 0.6) is 0 Å². The Morgan fingerprint density at radius 3 is 2.46 bits per heavy atom. The minimum Gasteiger partial charge on any atom is -0.478 e. The molecular formula is C27H49N5O3. The van der Waals surface area contributed by atoms with Crippen LogP contribution in [0.3, 0.4) is 0 Å². The molecule has 5 unspecified atom stereocenters. The van der Waals surface area contributed by atoms with Crippen molar-refractivity contribution in [1.29, 1.82) is 5.41 Å². The molecule has 0 aromatic heterocycles. The van der Waals surface area contributed by atoms with Crippen molar-refractivity contribution < 1.29 is 14.3 Å². The van der Waals surface area contributed by atoms with E-state index in [0.717, 1.165) is 25.0 Å². The van der Waals surface area contributed by atoms with Crippen molar-refractivity contribution in [2.75, 3.05) is 26.2 Å². The first-order valence-electron chi connectivity index (χ1n) is 13.4. The summed E-state index contributed by atoms with van der Waals surface area (Å²) in [6.45, 7) is 14.1. The maximum Gasteiger partial charge on any atom is 0.258 e. The minimum atomic E-state index is -0.607. The van der Waals surface area contributed by atoms with Gasteiger partial charge in [-0.15, -0.1) is 0 Å². The second-order valence-corrected chi connectivity index (χ2v) is 11.8. The summed E-state index contributed by atoms with van der Waals surface area (Å²) in [4.78, 5) is 25.8. The van der Waals surface area contributed by atoms with E-state index in [4.69, 9.17) is 15.9 Å². The van der Waals surface area contributed by atoms with Crippen molar-refractivity contribution in [3.05, 3.63) is 11.5 Å². The van der Waals surface area contributed by atoms with Crippen molar-refractivity contribution in [1.82, 2.24) is 16.0 Å². The number of hydrogen-bond acceptors (Lipinski definition) is 6. The summed E-state index contributed by atoms with van der Waals surface area (Å²) in [5.74, 6) is 2.62. The molecule has 200 valence electrons. The van der Waals surface area contributed by atoms with Crippen LogP contribution < -0.4 is 21.7 Å². The normalized spacial score (nSPS) is 27.0. The Morgan fingerprint density at radius 2 is 1.83 bits per heavy atom. The molecular weight excluding hydrogens is 442 g/mol. The van der Waals surface area contributed by atoms with E-state index in [1.165, 1.54) is 12.8 Å². The average Bonchev–Trinajstić information content (AvgIpc) is 2.77. The van der Waals surface area contributed by atoms with Gasteiger partial charge in [0.25, 0.3) is 5.91 Å². The summed E-state index contributed by atoms with van der Waals surface area (Å²) in [5, 5.41) is 17.3. The third-order valence-corrected chi connectivity index (χ3v) is 7.48. The molecule has 2 aliphatic carbocycles. The summed E-state index contributed by atoms with van der Waals surface area (Å²) < 4.78 is 5.97. The predicted molar refractivity (Wildman–Crippen MR) is 141 cm³/mol. The molecule has 2 amide bonds. The highest BCUT2D eigenvalue weighted by Crippen LogP contribution is 2.44. The number of carbonyl (C=O) groups excluding carboxylic acids is 2. The van der Waals surface area contributed by atoms with Gasteiger partial charge in [0.2, 0.25) is 11.8 Å². The fraction of sp³-hybridized carbons (Fsp3) is 0.815. The second-order valence-electron chi connectivity index (χ2n) is 11.8. The van der Waals surface area contributed by atoms with Crippen molar-refractivity contribution in [3.63, 3.8) is 0 Å². The van der Waals surface area contributed by atoms with Crippen LogP contribution in [-0.4, -0.2) is 50.3 Å². The molecule has 0 radical (unpaired) electrons. The molecule has 0 aromatic carbocycles. The minimum absolute atomic E-state index is 0.0605. The predicted octanol–water partition coefficient (Wildman–Crippen LogP) is 3.18. The molecule has 0 saturated heterocycles. The molecule has 0 spiro atoms. The Labute approximate surface area is 212 Å². The average molecular weight is 492 g/mol. The van der Waals surface area contributed by atoms with Crippen molar-refractivity contribution in [2.45, 2.75) is 79.7 Å². The van der Waals surface area contributed by atoms with Crippen molar-refractivity contribution in [3.8, 4) is 0 Å². The zero-order valence-electron chi connectivity index (χ0n) is 22.7. The highest BCUT2D eigenvalue weighted by Gasteiger charge is 2.41. The lowest BCUT2D eigenvalue weighted by Gasteiger charge is -2.46. The summed E-state index contributed by atoms with van der Waals surface area (Å²) in [6.07, 6.45) is 6.38. The molecule has 5 atom stereocenters. The van der Waals surface area contributed by atoms with Crippen LogP contribution in [-0.2, 0) is 14.3 Å². The van der Waals surface area contributed by atoms with Crippen LogP contribution in [0, 0.1) is 40.4 Å². The highest BCUT2D eigenvalue weighted by atomic mass is 16.5. The molecule has 2 bridgehead atoms. The molecule has 6 N–H and O–H groups in total. The van der Waals surface area contributed by atoms with E-state index in [2.05, 4.69) is 29.8 Å². The molecule has 8 nitrogen and oxygen atoms in total. The summed E-state index contributed by atoms with van der Waals surface area (Å²) >= 11 is 0. The standard InChI is InChI=1S/C27H49N5O3/c1-17(2)16-35-25(30-9-7-27(5,6)26(34)31-10-8-28)22(15-29)24(33)32-23-19(4)13-20-11-18(3)12-21(23)14-20/h15,17-21,23,29-30H,7-14,16,28H2,1-6H3,(H,31,34)(H,32,33)/b25-22-,29-15?. The van der Waals surface area contributed by atoms with Gasteiger partial charge in [-0.3, -0.25) is 9.59 Å². The molecule has 2 fully saturated rings. The van der Waals surface area contributed by atoms with Gasteiger partial charge in [-0.25, -0.2) is 0 Å². The fourth-order valence-electron chi connectivity index (χ4n) is 5.65. The molecule has 35 heavy (non-hydrogen) atoms. The van der Waals surface area contributed by atoms with Gasteiger partial charge in [0.15, 0.2) is 0 Å². The summed E-state index contributed by atoms with van der Waals surface area (Å²) in [7, 11) is 0. The van der Waals surface area contributed by atoms with E-state index >= 15 is 0 Å². The quantitative estimate of drug-likeness (QED) is 0.153. The van der Waals surface area contributed by atoms with Crippen LogP contribution in [0.15, 0.2) is 11.5 Å². The Balaban J connectivity index is 2.12. The van der Waals surface area contributed by atoms with Gasteiger partial charge in [0.1, 0.15) is 5.57 Å². The van der Waals surface area contributed by atoms with E-state index in [0.29, 0.717) is 56.3 Å². The van der Waals surface area contributed by atoms with E-state index < -0.39 is 5.41 Å². The van der Waals surface area contributed by atoms with Crippen molar-refractivity contribution >= 4 is 18.0 Å². The van der Waals surface area contributed by atoms with Gasteiger partial charge in [0, 0.05) is 37.3 Å². The number of fused-ring (bicyclic) bond motifs is 2. The first-order valence-corrected chi connectivity index (χ1v) is 13.4. The number of ether oxygens (including phenoxy) is 1. The van der Waals surface area contributed by atoms with Gasteiger partial charge in [-0.1, -0.05) is 41.5 Å². The number of amides is 2. The van der Waals surface area contributed by atoms with Gasteiger partial charge in [-0.2, -0.15) is 0 Å². The SMILES string of the molecule is CC(C)CO/C(NCCC(C)(C)C(=O)NCCN)=C(/C=N)C(=O)NC1C(C)CC2CC(C)CC1C2. The smallest absolute Gasteiger partial charge is 0.258 e. The Hall–Kier alpha value is -2.09. The number of carbonyl (C=O) groups is 2. The Kier molecular flexibility index (Phi) is 11.1. The molecule has 2 aliphatic rings. The number of nitrogens with one attached hydrogen (secondary N) is 4. The van der Waals surface area contributed by atoms with Gasteiger partial charge >= 0.3 is 0 Å². The largest absolute Gasteiger partial charge is 0.478 e.